The number of pyridine rings is 1. The number of thiocarbonyl (C=S) groups is 1. The fourth-order valence-electron chi connectivity index (χ4n) is 1.75. The van der Waals surface area contributed by atoms with E-state index in [2.05, 4.69) is 15.5 Å². The molecule has 1 aromatic carbocycles. The highest BCUT2D eigenvalue weighted by Crippen LogP contribution is 2.21. The van der Waals surface area contributed by atoms with E-state index in [4.69, 9.17) is 12.2 Å². The average molecular weight is 290 g/mol. The van der Waals surface area contributed by atoms with Gasteiger partial charge in [0.05, 0.1) is 11.9 Å². The number of rotatable bonds is 2. The Bertz CT molecular complexity index is 682. The second-order valence-electron chi connectivity index (χ2n) is 4.53. The summed E-state index contributed by atoms with van der Waals surface area (Å²) in [6, 6.07) is 4.94. The van der Waals surface area contributed by atoms with Gasteiger partial charge in [-0.3, -0.25) is 10.4 Å². The Hall–Kier alpha value is -2.08. The van der Waals surface area contributed by atoms with Gasteiger partial charge in [0.25, 0.3) is 0 Å². The number of benzene rings is 1. The number of hydrogen-bond donors (Lipinski definition) is 1. The molecule has 0 unspecified atom stereocenters. The number of fused-ring (bicyclic) bond motifs is 1. The fraction of sp³-hybridized carbons (Fsp3) is 0.214. The summed E-state index contributed by atoms with van der Waals surface area (Å²) >= 11 is 5.06. The van der Waals surface area contributed by atoms with Crippen molar-refractivity contribution in [3.05, 3.63) is 41.5 Å². The number of nitrogens with one attached hydrogen (secondary N) is 1. The molecule has 0 aliphatic carbocycles. The van der Waals surface area contributed by atoms with E-state index in [1.807, 2.05) is 14.1 Å². The molecule has 2 aromatic rings. The number of halogens is 1. The topological polar surface area (TPSA) is 40.5 Å². The lowest BCUT2D eigenvalue weighted by molar-refractivity contribution is 0.606. The summed E-state index contributed by atoms with van der Waals surface area (Å²) in [5, 5.41) is 6.24. The Morgan fingerprint density at radius 1 is 1.35 bits per heavy atom. The van der Waals surface area contributed by atoms with Crippen LogP contribution in [0.25, 0.3) is 10.8 Å². The monoisotopic (exact) mass is 290 g/mol. The Kier molecular flexibility index (Phi) is 4.24. The lowest BCUT2D eigenvalue weighted by Gasteiger charge is -2.11. The van der Waals surface area contributed by atoms with Crippen molar-refractivity contribution in [1.29, 1.82) is 0 Å². The molecule has 1 aromatic heterocycles. The van der Waals surface area contributed by atoms with Gasteiger partial charge in [-0.2, -0.15) is 5.10 Å². The zero-order valence-electron chi connectivity index (χ0n) is 11.5. The van der Waals surface area contributed by atoms with E-state index in [1.54, 1.807) is 36.4 Å². The minimum Gasteiger partial charge on any atom is -0.354 e. The fourth-order valence-corrected chi connectivity index (χ4v) is 1.81. The molecule has 0 atom stereocenters. The third-order valence-corrected chi connectivity index (χ3v) is 3.39. The smallest absolute Gasteiger partial charge is 0.189 e. The lowest BCUT2D eigenvalue weighted by Crippen LogP contribution is -2.30. The van der Waals surface area contributed by atoms with Crippen molar-refractivity contribution in [2.75, 3.05) is 14.1 Å². The van der Waals surface area contributed by atoms with Crippen LogP contribution in [0.2, 0.25) is 0 Å². The van der Waals surface area contributed by atoms with Crippen molar-refractivity contribution in [2.24, 2.45) is 5.10 Å². The summed E-state index contributed by atoms with van der Waals surface area (Å²) in [7, 11) is 3.65. The highest BCUT2D eigenvalue weighted by atomic mass is 32.1. The van der Waals surface area contributed by atoms with E-state index >= 15 is 0 Å². The maximum absolute atomic E-state index is 13.5. The number of aryl methyl sites for hydroxylation is 1. The van der Waals surface area contributed by atoms with Crippen LogP contribution in [-0.4, -0.2) is 35.3 Å². The van der Waals surface area contributed by atoms with Crippen LogP contribution >= 0.6 is 12.2 Å². The second-order valence-corrected chi connectivity index (χ2v) is 4.92. The Labute approximate surface area is 122 Å². The summed E-state index contributed by atoms with van der Waals surface area (Å²) < 4.78 is 13.5. The molecule has 6 heteroatoms. The predicted octanol–water partition coefficient (Wildman–Crippen LogP) is 2.45. The first-order chi connectivity index (χ1) is 9.50. The maximum atomic E-state index is 13.5. The zero-order chi connectivity index (χ0) is 14.7. The molecule has 20 heavy (non-hydrogen) atoms. The van der Waals surface area contributed by atoms with Crippen molar-refractivity contribution in [3.8, 4) is 0 Å². The molecule has 0 radical (unpaired) electrons. The van der Waals surface area contributed by atoms with Gasteiger partial charge in [-0.1, -0.05) is 0 Å². The molecular formula is C14H15FN4S. The first-order valence-electron chi connectivity index (χ1n) is 6.05. The van der Waals surface area contributed by atoms with Crippen LogP contribution in [0.5, 0.6) is 0 Å². The zero-order valence-corrected chi connectivity index (χ0v) is 12.3. The standard InChI is InChI=1S/C14H15FN4S/c1-9-10-6-7-16-13(11(10)4-5-12(9)15)8-17-18-14(20)19(2)3/h4-8H,1-3H3,(H,18,20)/b17-8+. The molecule has 104 valence electrons. The molecule has 0 bridgehead atoms. The SMILES string of the molecule is Cc1c(F)ccc2c(/C=N/NC(=S)N(C)C)nccc12. The van der Waals surface area contributed by atoms with E-state index in [9.17, 15) is 4.39 Å². The van der Waals surface area contributed by atoms with E-state index in [-0.39, 0.29) is 5.82 Å². The molecule has 0 spiro atoms. The van der Waals surface area contributed by atoms with Crippen LogP contribution in [-0.2, 0) is 0 Å². The number of hydrazone groups is 1. The highest BCUT2D eigenvalue weighted by Gasteiger charge is 2.06. The van der Waals surface area contributed by atoms with Gasteiger partial charge in [-0.25, -0.2) is 4.39 Å². The number of aromatic nitrogens is 1. The number of hydrogen-bond acceptors (Lipinski definition) is 3. The Morgan fingerprint density at radius 3 is 2.80 bits per heavy atom. The molecule has 4 nitrogen and oxygen atoms in total. The molecule has 1 N–H and O–H groups in total. The quantitative estimate of drug-likeness (QED) is 0.524. The summed E-state index contributed by atoms with van der Waals surface area (Å²) in [4.78, 5) is 5.99. The van der Waals surface area contributed by atoms with Crippen LogP contribution in [0.1, 0.15) is 11.3 Å². The predicted molar refractivity (Wildman–Crippen MR) is 83.5 cm³/mol. The van der Waals surface area contributed by atoms with Crippen molar-refractivity contribution in [3.63, 3.8) is 0 Å². The minimum atomic E-state index is -0.224. The average Bonchev–Trinajstić information content (AvgIpc) is 2.43. The van der Waals surface area contributed by atoms with Crippen LogP contribution in [0, 0.1) is 12.7 Å². The van der Waals surface area contributed by atoms with E-state index in [1.165, 1.54) is 6.07 Å². The van der Waals surface area contributed by atoms with Gasteiger partial charge in [0.15, 0.2) is 5.11 Å². The van der Waals surface area contributed by atoms with Gasteiger partial charge in [0.2, 0.25) is 0 Å². The van der Waals surface area contributed by atoms with Crippen molar-refractivity contribution in [1.82, 2.24) is 15.3 Å². The molecule has 0 saturated carbocycles. The summed E-state index contributed by atoms with van der Waals surface area (Å²) in [5.74, 6) is -0.224. The van der Waals surface area contributed by atoms with Crippen LogP contribution in [0.15, 0.2) is 29.5 Å². The summed E-state index contributed by atoms with van der Waals surface area (Å²) in [6.07, 6.45) is 3.22. The molecule has 0 fully saturated rings. The van der Waals surface area contributed by atoms with Gasteiger partial charge in [0.1, 0.15) is 5.82 Å². The Morgan fingerprint density at radius 2 is 2.10 bits per heavy atom. The van der Waals surface area contributed by atoms with Crippen molar-refractivity contribution < 1.29 is 4.39 Å². The van der Waals surface area contributed by atoms with E-state index < -0.39 is 0 Å². The third kappa shape index (κ3) is 2.91. The molecule has 1 heterocycles. The Balaban J connectivity index is 2.34. The van der Waals surface area contributed by atoms with Crippen LogP contribution in [0.3, 0.4) is 0 Å². The molecule has 0 aliphatic rings. The first-order valence-corrected chi connectivity index (χ1v) is 6.45. The number of nitrogens with zero attached hydrogens (tertiary/aromatic N) is 3. The summed E-state index contributed by atoms with van der Waals surface area (Å²) in [5.41, 5.74) is 4.01. The first kappa shape index (κ1) is 14.3. The molecular weight excluding hydrogens is 275 g/mol. The molecule has 0 saturated heterocycles. The third-order valence-electron chi connectivity index (χ3n) is 2.93. The molecule has 2 rings (SSSR count). The maximum Gasteiger partial charge on any atom is 0.189 e. The highest BCUT2D eigenvalue weighted by molar-refractivity contribution is 7.80. The van der Waals surface area contributed by atoms with Gasteiger partial charge in [-0.15, -0.1) is 0 Å². The normalized spacial score (nSPS) is 11.0. The van der Waals surface area contributed by atoms with Crippen molar-refractivity contribution >= 4 is 34.3 Å². The summed E-state index contributed by atoms with van der Waals surface area (Å²) in [6.45, 7) is 1.75. The van der Waals surface area contributed by atoms with Crippen molar-refractivity contribution in [2.45, 2.75) is 6.92 Å². The largest absolute Gasteiger partial charge is 0.354 e. The van der Waals surface area contributed by atoms with Gasteiger partial charge in [-0.05, 0) is 48.3 Å². The minimum absolute atomic E-state index is 0.224. The second kappa shape index (κ2) is 5.92. The van der Waals surface area contributed by atoms with E-state index in [0.717, 1.165) is 10.8 Å². The van der Waals surface area contributed by atoms with Gasteiger partial charge >= 0.3 is 0 Å². The van der Waals surface area contributed by atoms with E-state index in [0.29, 0.717) is 16.4 Å². The molecule has 0 amide bonds. The lowest BCUT2D eigenvalue weighted by atomic mass is 10.0. The van der Waals surface area contributed by atoms with Gasteiger partial charge < -0.3 is 4.90 Å². The molecule has 0 aliphatic heterocycles. The van der Waals surface area contributed by atoms with Gasteiger partial charge in [0, 0.05) is 25.7 Å². The van der Waals surface area contributed by atoms with Crippen LogP contribution < -0.4 is 5.43 Å². The van der Waals surface area contributed by atoms with Crippen LogP contribution in [0.4, 0.5) is 4.39 Å².